The fraction of sp³-hybridized carbons (Fsp3) is 0.459. The number of nitrogens with one attached hydrogen (secondary N) is 2. The summed E-state index contributed by atoms with van der Waals surface area (Å²) in [5, 5.41) is 9.55. The molecule has 0 aliphatic carbocycles. The Labute approximate surface area is 348 Å². The maximum absolute atomic E-state index is 13.1. The minimum atomic E-state index is -3.35. The van der Waals surface area contributed by atoms with Crippen molar-refractivity contribution in [2.45, 2.75) is 70.5 Å². The Hall–Kier alpha value is -3.67. The van der Waals surface area contributed by atoms with Crippen LogP contribution in [-0.4, -0.2) is 88.6 Å². The van der Waals surface area contributed by atoms with E-state index in [-0.39, 0.29) is 28.9 Å². The van der Waals surface area contributed by atoms with Crippen molar-refractivity contribution in [3.8, 4) is 17.2 Å². The number of hydrogen-bond acceptors (Lipinski definition) is 16. The van der Waals surface area contributed by atoms with Gasteiger partial charge in [0.2, 0.25) is 14.7 Å². The van der Waals surface area contributed by atoms with Gasteiger partial charge in [-0.25, -0.2) is 23.2 Å². The second-order valence-electron chi connectivity index (χ2n) is 14.0. The largest absolute Gasteiger partial charge is 0.488 e. The predicted octanol–water partition coefficient (Wildman–Crippen LogP) is 9.38. The van der Waals surface area contributed by atoms with Crippen molar-refractivity contribution < 1.29 is 55.1 Å². The molecule has 0 saturated heterocycles. The molecule has 0 spiro atoms. The van der Waals surface area contributed by atoms with Crippen LogP contribution in [0.25, 0.3) is 0 Å². The first-order valence-electron chi connectivity index (χ1n) is 17.9. The lowest BCUT2D eigenvalue weighted by molar-refractivity contribution is 0.0635. The van der Waals surface area contributed by atoms with Gasteiger partial charge < -0.3 is 28.0 Å². The van der Waals surface area contributed by atoms with Gasteiger partial charge in [0.1, 0.15) is 29.0 Å². The van der Waals surface area contributed by atoms with Crippen LogP contribution in [0.1, 0.15) is 63.3 Å². The quantitative estimate of drug-likeness (QED) is 0.0892. The van der Waals surface area contributed by atoms with E-state index in [1.54, 1.807) is 78.0 Å². The first-order chi connectivity index (χ1) is 27.0. The van der Waals surface area contributed by atoms with Crippen LogP contribution < -0.4 is 20.1 Å². The molecule has 2 aromatic heterocycles. The molecule has 0 fully saturated rings. The third-order valence-electron chi connectivity index (χ3n) is 7.00. The number of hydrogen-bond donors (Lipinski definition) is 2. The van der Waals surface area contributed by atoms with Gasteiger partial charge in [-0.15, -0.1) is 22.7 Å². The number of sulfone groups is 1. The summed E-state index contributed by atoms with van der Waals surface area (Å²) in [6.07, 6.45) is 0.706. The molecule has 2 heterocycles. The monoisotopic (exact) mass is 902 g/mol. The minimum Gasteiger partial charge on any atom is -0.488 e. The number of carbonyl (C=O) groups excluding carboxylic acids is 2. The lowest BCUT2D eigenvalue weighted by Gasteiger charge is -2.18. The molecule has 2 aromatic carbocycles. The summed E-state index contributed by atoms with van der Waals surface area (Å²) in [4.78, 5) is 33.4. The lowest BCUT2D eigenvalue weighted by atomic mass is 10.2. The van der Waals surface area contributed by atoms with Gasteiger partial charge >= 0.3 is 6.09 Å². The molecular formula is C37H52N4O12P2S3. The molecule has 21 heteroatoms. The Morgan fingerprint density at radius 2 is 1.34 bits per heavy atom. The highest BCUT2D eigenvalue weighted by Gasteiger charge is 2.22. The second kappa shape index (κ2) is 21.5. The van der Waals surface area contributed by atoms with E-state index in [9.17, 15) is 27.1 Å². The number of nitrogens with zero attached hydrogens (tertiary/aromatic N) is 2. The topological polar surface area (TPSA) is 208 Å². The van der Waals surface area contributed by atoms with Gasteiger partial charge in [-0.3, -0.25) is 24.6 Å². The normalized spacial score (nSPS) is 14.2. The molecule has 4 rings (SSSR count). The van der Waals surface area contributed by atoms with E-state index in [1.807, 2.05) is 6.92 Å². The van der Waals surface area contributed by atoms with Crippen molar-refractivity contribution in [3.05, 3.63) is 70.2 Å². The van der Waals surface area contributed by atoms with Gasteiger partial charge in [0.25, 0.3) is 5.91 Å². The van der Waals surface area contributed by atoms with E-state index in [2.05, 4.69) is 20.6 Å². The van der Waals surface area contributed by atoms with Crippen LogP contribution >= 0.6 is 37.4 Å². The molecule has 2 N–H and O–H groups in total. The predicted molar refractivity (Wildman–Crippen MR) is 228 cm³/mol. The van der Waals surface area contributed by atoms with Crippen LogP contribution in [0.3, 0.4) is 0 Å². The van der Waals surface area contributed by atoms with Crippen LogP contribution in [0, 0.1) is 0 Å². The highest BCUT2D eigenvalue weighted by atomic mass is 32.2. The molecule has 3 atom stereocenters. The molecule has 4 aromatic rings. The van der Waals surface area contributed by atoms with Crippen LogP contribution in [0.2, 0.25) is 0 Å². The number of thiazole rings is 2. The van der Waals surface area contributed by atoms with Crippen molar-refractivity contribution >= 4 is 69.5 Å². The molecule has 2 unspecified atom stereocenters. The number of carbonyl (C=O) groups is 2. The van der Waals surface area contributed by atoms with Crippen LogP contribution in [0.15, 0.2) is 58.1 Å². The number of benzene rings is 2. The third-order valence-corrected chi connectivity index (χ3v) is 13.2. The Balaban J connectivity index is 0.000000379. The molecule has 0 radical (unpaired) electrons. The Morgan fingerprint density at radius 3 is 1.83 bits per heavy atom. The minimum absolute atomic E-state index is 0.166. The average molecular weight is 903 g/mol. The molecular weight excluding hydrogens is 851 g/mol. The number of aromatic nitrogens is 2. The number of methoxy groups -OCH3 is 1. The van der Waals surface area contributed by atoms with E-state index in [1.165, 1.54) is 53.0 Å². The Kier molecular flexibility index (Phi) is 18.1. The van der Waals surface area contributed by atoms with E-state index >= 15 is 0 Å². The summed E-state index contributed by atoms with van der Waals surface area (Å²) in [6.45, 7) is 15.0. The van der Waals surface area contributed by atoms with Crippen molar-refractivity contribution in [1.29, 1.82) is 0 Å². The summed E-state index contributed by atoms with van der Waals surface area (Å²) in [5.41, 5.74) is 0.900. The highest BCUT2D eigenvalue weighted by Crippen LogP contribution is 2.47. The zero-order chi connectivity index (χ0) is 43.3. The number of rotatable bonds is 18. The number of anilines is 2. The standard InChI is InChI=1S/C25H31N2O8PS2.C12H21N2O4PS/c1-6-33-36(4,29)15-19-16-37-25(26-19)27-24(28)18-11-21(34-17(2)14-32-3)13-22(12-18)35-20-7-9-23(10-8-20)38(5,30)31;1-6-17-19(5,16)7-9-8-20-10(13-9)14-11(15)18-12(2,3)4/h7-13,16-17H,6,14-15H2,1-5H3,(H,26,27,28);8H,6-7H2,1-5H3,(H,13,14,15)/t17-,36?;/m0./s1. The summed E-state index contributed by atoms with van der Waals surface area (Å²) in [5.74, 6) is 0.632. The fourth-order valence-electron chi connectivity index (χ4n) is 4.88. The zero-order valence-electron chi connectivity index (χ0n) is 34.2. The first-order valence-corrected chi connectivity index (χ1v) is 26.1. The van der Waals surface area contributed by atoms with Gasteiger partial charge in [0.05, 0.1) is 48.4 Å². The molecule has 0 aliphatic heterocycles. The fourth-order valence-corrected chi connectivity index (χ4v) is 9.94. The van der Waals surface area contributed by atoms with Crippen LogP contribution in [0.4, 0.5) is 15.1 Å². The Bertz CT molecular complexity index is 2190. The molecule has 2 amide bonds. The van der Waals surface area contributed by atoms with Crippen molar-refractivity contribution in [1.82, 2.24) is 9.97 Å². The summed E-state index contributed by atoms with van der Waals surface area (Å²) < 4.78 is 80.5. The van der Waals surface area contributed by atoms with Gasteiger partial charge in [-0.1, -0.05) is 0 Å². The van der Waals surface area contributed by atoms with Gasteiger partial charge in [-0.05, 0) is 77.9 Å². The van der Waals surface area contributed by atoms with Crippen molar-refractivity contribution in [2.75, 3.05) is 57.1 Å². The van der Waals surface area contributed by atoms with E-state index in [0.717, 1.165) is 6.26 Å². The van der Waals surface area contributed by atoms with E-state index < -0.39 is 42.2 Å². The SMILES string of the molecule is CCOP(C)(=O)Cc1csc(NC(=O)OC(C)(C)C)n1.CCOP(C)(=O)Cc1csc(NC(=O)c2cc(Oc3ccc(S(C)(=O)=O)cc3)cc(O[C@@H](C)COC)c2)n1. The average Bonchev–Trinajstić information content (AvgIpc) is 3.71. The molecule has 0 saturated carbocycles. The molecule has 0 bridgehead atoms. The maximum atomic E-state index is 13.1. The molecule has 58 heavy (non-hydrogen) atoms. The van der Waals surface area contributed by atoms with Crippen LogP contribution in [-0.2, 0) is 49.8 Å². The summed E-state index contributed by atoms with van der Waals surface area (Å²) in [6, 6.07) is 10.7. The van der Waals surface area contributed by atoms with Gasteiger partial charge in [-0.2, -0.15) is 0 Å². The second-order valence-corrected chi connectivity index (χ2v) is 22.9. The van der Waals surface area contributed by atoms with E-state index in [4.69, 9.17) is 28.0 Å². The zero-order valence-corrected chi connectivity index (χ0v) is 38.5. The van der Waals surface area contributed by atoms with Crippen LogP contribution in [0.5, 0.6) is 17.2 Å². The lowest BCUT2D eigenvalue weighted by Crippen LogP contribution is -2.27. The van der Waals surface area contributed by atoms with Crippen molar-refractivity contribution in [3.63, 3.8) is 0 Å². The van der Waals surface area contributed by atoms with Gasteiger partial charge in [0.15, 0.2) is 20.1 Å². The van der Waals surface area contributed by atoms with Gasteiger partial charge in [0, 0.05) is 49.1 Å². The molecule has 320 valence electrons. The maximum Gasteiger partial charge on any atom is 0.413 e. The number of amides is 2. The summed E-state index contributed by atoms with van der Waals surface area (Å²) in [7, 11) is -7.27. The smallest absolute Gasteiger partial charge is 0.413 e. The summed E-state index contributed by atoms with van der Waals surface area (Å²) >= 11 is 2.48. The van der Waals surface area contributed by atoms with E-state index in [0.29, 0.717) is 58.7 Å². The van der Waals surface area contributed by atoms with Crippen molar-refractivity contribution in [2.24, 2.45) is 0 Å². The molecule has 0 aliphatic rings. The Morgan fingerprint density at radius 1 is 0.828 bits per heavy atom. The third kappa shape index (κ3) is 17.7. The number of ether oxygens (including phenoxy) is 4. The highest BCUT2D eigenvalue weighted by molar-refractivity contribution is 7.90. The first kappa shape index (κ1) is 48.7. The molecule has 16 nitrogen and oxygen atoms in total.